The van der Waals surface area contributed by atoms with Crippen LogP contribution in [-0.4, -0.2) is 28.4 Å². The topological polar surface area (TPSA) is 51.5 Å². The van der Waals surface area contributed by atoms with Crippen molar-refractivity contribution in [2.45, 2.75) is 45.3 Å². The van der Waals surface area contributed by atoms with Gasteiger partial charge in [-0.15, -0.1) is 0 Å². The Morgan fingerprint density at radius 2 is 2.33 bits per heavy atom. The molecule has 0 bridgehead atoms. The third-order valence-corrected chi connectivity index (χ3v) is 4.17. The Hall–Kier alpha value is -1.81. The molecule has 0 saturated carbocycles. The van der Waals surface area contributed by atoms with Crippen LogP contribution in [0, 0.1) is 0 Å². The zero-order valence-electron chi connectivity index (χ0n) is 12.3. The molecule has 1 N–H and O–H groups in total. The van der Waals surface area contributed by atoms with Gasteiger partial charge in [0.25, 0.3) is 0 Å². The average Bonchev–Trinajstić information content (AvgIpc) is 3.08. The predicted molar refractivity (Wildman–Crippen MR) is 81.9 cm³/mol. The van der Waals surface area contributed by atoms with E-state index < -0.39 is 5.97 Å². The number of benzene rings is 1. The van der Waals surface area contributed by atoms with Crippen molar-refractivity contribution in [3.05, 3.63) is 35.5 Å². The van der Waals surface area contributed by atoms with Gasteiger partial charge in [-0.25, -0.2) is 4.79 Å². The summed E-state index contributed by atoms with van der Waals surface area (Å²) in [5, 5.41) is 10.4. The van der Waals surface area contributed by atoms with Gasteiger partial charge in [-0.05, 0) is 30.9 Å². The zero-order valence-corrected chi connectivity index (χ0v) is 12.3. The fourth-order valence-electron chi connectivity index (χ4n) is 3.23. The number of aromatic carboxylic acids is 1. The first kappa shape index (κ1) is 14.1. The molecule has 1 saturated heterocycles. The number of fused-ring (bicyclic) bond motifs is 1. The van der Waals surface area contributed by atoms with E-state index in [9.17, 15) is 9.90 Å². The number of carbonyl (C=O) groups is 1. The largest absolute Gasteiger partial charge is 0.478 e. The van der Waals surface area contributed by atoms with Crippen molar-refractivity contribution in [3.63, 3.8) is 0 Å². The Morgan fingerprint density at radius 3 is 3.00 bits per heavy atom. The number of hydrogen-bond donors (Lipinski definition) is 1. The van der Waals surface area contributed by atoms with Crippen LogP contribution in [0.4, 0.5) is 0 Å². The molecule has 2 heterocycles. The van der Waals surface area contributed by atoms with E-state index >= 15 is 0 Å². The molecule has 112 valence electrons. The fourth-order valence-corrected chi connectivity index (χ4v) is 3.23. The van der Waals surface area contributed by atoms with Crippen LogP contribution in [0.1, 0.15) is 42.1 Å². The Labute approximate surface area is 124 Å². The zero-order chi connectivity index (χ0) is 14.8. The summed E-state index contributed by atoms with van der Waals surface area (Å²) < 4.78 is 7.73. The highest BCUT2D eigenvalue weighted by molar-refractivity contribution is 6.05. The van der Waals surface area contributed by atoms with E-state index in [2.05, 4.69) is 6.92 Å². The fraction of sp³-hybridized carbons (Fsp3) is 0.471. The lowest BCUT2D eigenvalue weighted by atomic mass is 10.0. The van der Waals surface area contributed by atoms with Gasteiger partial charge in [-0.2, -0.15) is 0 Å². The second-order valence-corrected chi connectivity index (χ2v) is 5.70. The van der Waals surface area contributed by atoms with Crippen LogP contribution in [0.3, 0.4) is 0 Å². The molecule has 0 spiro atoms. The maximum absolute atomic E-state index is 11.6. The van der Waals surface area contributed by atoms with Gasteiger partial charge in [0, 0.05) is 30.3 Å². The summed E-state index contributed by atoms with van der Waals surface area (Å²) in [7, 11) is 0. The summed E-state index contributed by atoms with van der Waals surface area (Å²) in [4.78, 5) is 11.6. The summed E-state index contributed by atoms with van der Waals surface area (Å²) in [6, 6.07) is 6.07. The van der Waals surface area contributed by atoms with E-state index in [-0.39, 0.29) is 6.10 Å². The minimum atomic E-state index is -0.852. The second-order valence-electron chi connectivity index (χ2n) is 5.70. The SMILES string of the molecule is CCCc1cccc2c1c(C(=O)O)cn2CC1CCCO1. The maximum atomic E-state index is 11.6. The molecule has 4 nitrogen and oxygen atoms in total. The van der Waals surface area contributed by atoms with Gasteiger partial charge in [0.05, 0.1) is 11.7 Å². The Kier molecular flexibility index (Phi) is 3.97. The van der Waals surface area contributed by atoms with E-state index in [1.165, 1.54) is 0 Å². The Morgan fingerprint density at radius 1 is 1.48 bits per heavy atom. The predicted octanol–water partition coefficient (Wildman–Crippen LogP) is 3.47. The number of aromatic nitrogens is 1. The molecule has 2 aromatic rings. The van der Waals surface area contributed by atoms with Crippen molar-refractivity contribution in [2.24, 2.45) is 0 Å². The first-order chi connectivity index (χ1) is 10.2. The van der Waals surface area contributed by atoms with Crippen LogP contribution in [0.25, 0.3) is 10.9 Å². The molecule has 3 rings (SSSR count). The van der Waals surface area contributed by atoms with Gasteiger partial charge in [-0.1, -0.05) is 25.5 Å². The second kappa shape index (κ2) is 5.90. The minimum absolute atomic E-state index is 0.206. The molecule has 1 aliphatic rings. The summed E-state index contributed by atoms with van der Waals surface area (Å²) in [6.07, 6.45) is 6.04. The maximum Gasteiger partial charge on any atom is 0.337 e. The monoisotopic (exact) mass is 287 g/mol. The van der Waals surface area contributed by atoms with Gasteiger partial charge in [0.2, 0.25) is 0 Å². The molecule has 1 unspecified atom stereocenters. The van der Waals surface area contributed by atoms with Gasteiger partial charge in [0.15, 0.2) is 0 Å². The minimum Gasteiger partial charge on any atom is -0.478 e. The average molecular weight is 287 g/mol. The number of aryl methyl sites for hydroxylation is 1. The Balaban J connectivity index is 2.08. The lowest BCUT2D eigenvalue weighted by molar-refractivity contribution is 0.0697. The van der Waals surface area contributed by atoms with E-state index in [0.29, 0.717) is 5.56 Å². The molecule has 0 amide bonds. The van der Waals surface area contributed by atoms with E-state index in [1.54, 1.807) is 6.20 Å². The van der Waals surface area contributed by atoms with Gasteiger partial charge >= 0.3 is 5.97 Å². The van der Waals surface area contributed by atoms with Crippen molar-refractivity contribution in [1.82, 2.24) is 4.57 Å². The third-order valence-electron chi connectivity index (χ3n) is 4.17. The molecule has 21 heavy (non-hydrogen) atoms. The van der Waals surface area contributed by atoms with E-state index in [1.807, 2.05) is 22.8 Å². The van der Waals surface area contributed by atoms with Gasteiger partial charge in [-0.3, -0.25) is 0 Å². The molecule has 1 fully saturated rings. The van der Waals surface area contributed by atoms with Crippen LogP contribution in [0.15, 0.2) is 24.4 Å². The lowest BCUT2D eigenvalue weighted by Crippen LogP contribution is -2.14. The first-order valence-corrected chi connectivity index (χ1v) is 7.66. The Bertz CT molecular complexity index is 653. The van der Waals surface area contributed by atoms with E-state index in [4.69, 9.17) is 4.74 Å². The number of carboxylic acid groups (broad SMARTS) is 1. The van der Waals surface area contributed by atoms with Crippen molar-refractivity contribution in [3.8, 4) is 0 Å². The van der Waals surface area contributed by atoms with Crippen LogP contribution in [0.5, 0.6) is 0 Å². The highest BCUT2D eigenvalue weighted by Gasteiger charge is 2.21. The first-order valence-electron chi connectivity index (χ1n) is 7.66. The van der Waals surface area contributed by atoms with Crippen molar-refractivity contribution < 1.29 is 14.6 Å². The van der Waals surface area contributed by atoms with Crippen molar-refractivity contribution >= 4 is 16.9 Å². The van der Waals surface area contributed by atoms with E-state index in [0.717, 1.165) is 55.3 Å². The third kappa shape index (κ3) is 2.68. The van der Waals surface area contributed by atoms with Gasteiger partial charge < -0.3 is 14.4 Å². The number of rotatable bonds is 5. The number of ether oxygens (including phenoxy) is 1. The normalized spacial score (nSPS) is 18.4. The highest BCUT2D eigenvalue weighted by atomic mass is 16.5. The highest BCUT2D eigenvalue weighted by Crippen LogP contribution is 2.28. The lowest BCUT2D eigenvalue weighted by Gasteiger charge is -2.12. The molecule has 1 aromatic heterocycles. The smallest absolute Gasteiger partial charge is 0.337 e. The summed E-state index contributed by atoms with van der Waals surface area (Å²) in [5.74, 6) is -0.852. The van der Waals surface area contributed by atoms with Crippen LogP contribution in [-0.2, 0) is 17.7 Å². The molecule has 1 aromatic carbocycles. The number of carboxylic acids is 1. The molecule has 1 atom stereocenters. The molecule has 0 radical (unpaired) electrons. The molecule has 4 heteroatoms. The summed E-state index contributed by atoms with van der Waals surface area (Å²) in [6.45, 7) is 3.67. The van der Waals surface area contributed by atoms with Crippen LogP contribution >= 0.6 is 0 Å². The van der Waals surface area contributed by atoms with Crippen molar-refractivity contribution in [1.29, 1.82) is 0 Å². The number of hydrogen-bond acceptors (Lipinski definition) is 2. The van der Waals surface area contributed by atoms with Crippen molar-refractivity contribution in [2.75, 3.05) is 6.61 Å². The van der Waals surface area contributed by atoms with Gasteiger partial charge in [0.1, 0.15) is 0 Å². The van der Waals surface area contributed by atoms with Crippen LogP contribution < -0.4 is 0 Å². The summed E-state index contributed by atoms with van der Waals surface area (Å²) in [5.41, 5.74) is 2.54. The molecular weight excluding hydrogens is 266 g/mol. The van der Waals surface area contributed by atoms with Crippen LogP contribution in [0.2, 0.25) is 0 Å². The quantitative estimate of drug-likeness (QED) is 0.916. The molecule has 0 aliphatic carbocycles. The standard InChI is InChI=1S/C17H21NO3/c1-2-5-12-6-3-8-15-16(12)14(17(19)20)11-18(15)10-13-7-4-9-21-13/h3,6,8,11,13H,2,4-5,7,9-10H2,1H3,(H,19,20). The summed E-state index contributed by atoms with van der Waals surface area (Å²) >= 11 is 0. The molecular formula is C17H21NO3. The number of nitrogens with zero attached hydrogens (tertiary/aromatic N) is 1. The molecule has 1 aliphatic heterocycles.